The van der Waals surface area contributed by atoms with E-state index in [2.05, 4.69) is 252 Å². The third kappa shape index (κ3) is 7.15. The molecule has 0 spiro atoms. The van der Waals surface area contributed by atoms with Crippen LogP contribution in [0.15, 0.2) is 212 Å². The number of anilines is 6. The lowest BCUT2D eigenvalue weighted by Crippen LogP contribution is -2.15. The second kappa shape index (κ2) is 16.5. The van der Waals surface area contributed by atoms with E-state index in [0.29, 0.717) is 5.92 Å². The SMILES string of the molecule is CC1C=C(C(C)(C)C)c2oc3c(N(c4ccccc4)c4ccc5cc6c(cc5c4)oc4cc5c(cc46)oc4cc6cc(N(c7ccccc7)c7cccc8c7oc7c(C(C)(C)C)cccc78)ccc6cc45)cccc3c2C1. The molecule has 4 heterocycles. The molecule has 1 aliphatic rings. The van der Waals surface area contributed by atoms with E-state index in [0.717, 1.165) is 139 Å². The Balaban J connectivity index is 0.820. The maximum atomic E-state index is 7.02. The second-order valence-corrected chi connectivity index (χ2v) is 23.4. The molecule has 15 rings (SSSR count). The summed E-state index contributed by atoms with van der Waals surface area (Å²) in [5.74, 6) is 1.45. The van der Waals surface area contributed by atoms with Crippen LogP contribution < -0.4 is 9.80 Å². The van der Waals surface area contributed by atoms with Gasteiger partial charge in [-0.1, -0.05) is 146 Å². The molecule has 374 valence electrons. The van der Waals surface area contributed by atoms with Crippen LogP contribution in [0.1, 0.15) is 65.4 Å². The van der Waals surface area contributed by atoms with E-state index < -0.39 is 0 Å². The summed E-state index contributed by atoms with van der Waals surface area (Å²) in [7, 11) is 0. The number of rotatable bonds is 6. The maximum Gasteiger partial charge on any atom is 0.159 e. The van der Waals surface area contributed by atoms with Crippen LogP contribution in [0.5, 0.6) is 0 Å². The first kappa shape index (κ1) is 45.4. The lowest BCUT2D eigenvalue weighted by molar-refractivity contribution is 0.505. The molecule has 6 nitrogen and oxygen atoms in total. The van der Waals surface area contributed by atoms with Crippen LogP contribution in [0.2, 0.25) is 0 Å². The zero-order valence-electron chi connectivity index (χ0n) is 44.3. The first-order chi connectivity index (χ1) is 37.3. The van der Waals surface area contributed by atoms with E-state index in [4.69, 9.17) is 17.7 Å². The number of benzene rings is 10. The quantitative estimate of drug-likeness (QED) is 0.165. The first-order valence-corrected chi connectivity index (χ1v) is 26.9. The molecule has 0 amide bonds. The predicted octanol–water partition coefficient (Wildman–Crippen LogP) is 21.3. The monoisotopic (exact) mass is 1000 g/mol. The number of nitrogens with zero attached hydrogens (tertiary/aromatic N) is 2. The lowest BCUT2D eigenvalue weighted by Gasteiger charge is -2.27. The molecule has 77 heavy (non-hydrogen) atoms. The van der Waals surface area contributed by atoms with E-state index in [1.165, 1.54) is 22.1 Å². The number of hydrogen-bond donors (Lipinski definition) is 0. The number of para-hydroxylation sites is 5. The minimum absolute atomic E-state index is 0.0471. The fourth-order valence-electron chi connectivity index (χ4n) is 12.4. The van der Waals surface area contributed by atoms with Crippen LogP contribution >= 0.6 is 0 Å². The molecule has 14 aromatic rings. The highest BCUT2D eigenvalue weighted by molar-refractivity contribution is 6.19. The molecule has 0 bridgehead atoms. The summed E-state index contributed by atoms with van der Waals surface area (Å²) in [5.41, 5.74) is 15.8. The summed E-state index contributed by atoms with van der Waals surface area (Å²) in [6.07, 6.45) is 3.36. The van der Waals surface area contributed by atoms with Gasteiger partial charge in [-0.2, -0.15) is 0 Å². The molecule has 1 aliphatic carbocycles. The molecule has 10 aromatic carbocycles. The summed E-state index contributed by atoms with van der Waals surface area (Å²) in [6, 6.07) is 67.3. The van der Waals surface area contributed by atoms with Crippen molar-refractivity contribution in [3.63, 3.8) is 0 Å². The Bertz CT molecular complexity index is 4760. The Morgan fingerprint density at radius 2 is 0.857 bits per heavy atom. The highest BCUT2D eigenvalue weighted by Crippen LogP contribution is 2.50. The van der Waals surface area contributed by atoms with Crippen molar-refractivity contribution in [2.75, 3.05) is 9.80 Å². The molecule has 6 heteroatoms. The van der Waals surface area contributed by atoms with Gasteiger partial charge in [0.25, 0.3) is 0 Å². The Morgan fingerprint density at radius 1 is 0.377 bits per heavy atom. The molecule has 0 radical (unpaired) electrons. The number of furan rings is 4. The highest BCUT2D eigenvalue weighted by Gasteiger charge is 2.32. The largest absolute Gasteiger partial charge is 0.456 e. The molecular formula is C71H56N2O4. The van der Waals surface area contributed by atoms with Gasteiger partial charge in [-0.05, 0) is 147 Å². The fraction of sp³-hybridized carbons (Fsp3) is 0.155. The summed E-state index contributed by atoms with van der Waals surface area (Å²) >= 11 is 0. The minimum atomic E-state index is -0.0781. The van der Waals surface area contributed by atoms with E-state index in [1.54, 1.807) is 0 Å². The van der Waals surface area contributed by atoms with Gasteiger partial charge in [-0.15, -0.1) is 0 Å². The fourth-order valence-corrected chi connectivity index (χ4v) is 12.4. The van der Waals surface area contributed by atoms with Crippen molar-refractivity contribution in [2.45, 2.75) is 60.3 Å². The average molecular weight is 1000 g/mol. The maximum absolute atomic E-state index is 7.02. The van der Waals surface area contributed by atoms with Crippen molar-refractivity contribution in [1.29, 1.82) is 0 Å². The second-order valence-electron chi connectivity index (χ2n) is 23.4. The third-order valence-corrected chi connectivity index (χ3v) is 16.1. The Labute approximate surface area is 446 Å². The van der Waals surface area contributed by atoms with Gasteiger partial charge in [0.05, 0.1) is 11.4 Å². The van der Waals surface area contributed by atoms with Gasteiger partial charge in [0.1, 0.15) is 33.7 Å². The predicted molar refractivity (Wildman–Crippen MR) is 321 cm³/mol. The van der Waals surface area contributed by atoms with Crippen LogP contribution in [0, 0.1) is 11.3 Å². The van der Waals surface area contributed by atoms with Crippen LogP contribution in [0.25, 0.3) is 104 Å². The van der Waals surface area contributed by atoms with E-state index >= 15 is 0 Å². The molecule has 0 saturated heterocycles. The van der Waals surface area contributed by atoms with Gasteiger partial charge in [0.2, 0.25) is 0 Å². The first-order valence-electron chi connectivity index (χ1n) is 26.9. The van der Waals surface area contributed by atoms with Gasteiger partial charge in [0, 0.05) is 71.6 Å². The van der Waals surface area contributed by atoms with Crippen molar-refractivity contribution in [1.82, 2.24) is 0 Å². The number of hydrogen-bond acceptors (Lipinski definition) is 6. The van der Waals surface area contributed by atoms with Gasteiger partial charge < -0.3 is 27.5 Å². The van der Waals surface area contributed by atoms with Gasteiger partial charge in [-0.25, -0.2) is 0 Å². The lowest BCUT2D eigenvalue weighted by atomic mass is 9.77. The minimum Gasteiger partial charge on any atom is -0.456 e. The van der Waals surface area contributed by atoms with Crippen LogP contribution in [0.4, 0.5) is 34.1 Å². The van der Waals surface area contributed by atoms with E-state index in [1.807, 2.05) is 0 Å². The molecular weight excluding hydrogens is 945 g/mol. The Morgan fingerprint density at radius 3 is 1.39 bits per heavy atom. The topological polar surface area (TPSA) is 59.0 Å². The van der Waals surface area contributed by atoms with Crippen LogP contribution in [0.3, 0.4) is 0 Å². The number of allylic oxidation sites excluding steroid dienone is 2. The van der Waals surface area contributed by atoms with Crippen molar-refractivity contribution < 1.29 is 17.7 Å². The normalized spacial score (nSPS) is 14.3. The van der Waals surface area contributed by atoms with E-state index in [-0.39, 0.29) is 10.8 Å². The number of fused-ring (bicyclic) bond motifs is 14. The zero-order chi connectivity index (χ0) is 52.1. The zero-order valence-corrected chi connectivity index (χ0v) is 44.3. The molecule has 1 atom stereocenters. The van der Waals surface area contributed by atoms with Gasteiger partial charge in [-0.3, -0.25) is 0 Å². The molecule has 4 aromatic heterocycles. The molecule has 0 N–H and O–H groups in total. The third-order valence-electron chi connectivity index (χ3n) is 16.1. The Hall–Kier alpha value is -9.00. The summed E-state index contributed by atoms with van der Waals surface area (Å²) in [5, 5.41) is 12.0. The van der Waals surface area contributed by atoms with Crippen LogP contribution in [-0.2, 0) is 11.8 Å². The molecule has 0 aliphatic heterocycles. The van der Waals surface area contributed by atoms with Crippen molar-refractivity contribution in [3.8, 4) is 0 Å². The molecule has 1 unspecified atom stereocenters. The van der Waals surface area contributed by atoms with Crippen molar-refractivity contribution in [2.24, 2.45) is 11.3 Å². The van der Waals surface area contributed by atoms with Gasteiger partial charge in [0.15, 0.2) is 11.2 Å². The van der Waals surface area contributed by atoms with E-state index in [9.17, 15) is 0 Å². The van der Waals surface area contributed by atoms with Crippen molar-refractivity contribution in [3.05, 3.63) is 211 Å². The van der Waals surface area contributed by atoms with Crippen LogP contribution in [-0.4, -0.2) is 0 Å². The summed E-state index contributed by atoms with van der Waals surface area (Å²) < 4.78 is 27.6. The summed E-state index contributed by atoms with van der Waals surface area (Å²) in [4.78, 5) is 4.64. The standard InChI is InChI=1S/C71H56N2O4/c1-41-31-57-52-23-16-26-61(69(52)77-67(57)59(32-41)71(5,6)7)73(47-19-12-9-13-20-47)49-30-28-43-36-54-56-40-64-55(39-65(56)75-63(54)38-45(43)34-49)53-35-42-27-29-48(33-44(42)37-62(53)74-64)72(46-17-10-8-11-18-46)60-25-15-22-51-50-21-14-24-58(70(2,3)4)66(50)76-68(51)60/h8-30,32-41H,31H2,1-7H3. The smallest absolute Gasteiger partial charge is 0.159 e. The van der Waals surface area contributed by atoms with Gasteiger partial charge >= 0.3 is 0 Å². The average Bonchev–Trinajstić information content (AvgIpc) is 4.22. The molecule has 0 saturated carbocycles. The summed E-state index contributed by atoms with van der Waals surface area (Å²) in [6.45, 7) is 15.9. The molecule has 0 fully saturated rings. The Kier molecular flexibility index (Phi) is 9.73. The van der Waals surface area contributed by atoms with Crippen molar-refractivity contribution >= 4 is 138 Å². The highest BCUT2D eigenvalue weighted by atomic mass is 16.3.